The van der Waals surface area contributed by atoms with E-state index in [9.17, 15) is 24.3 Å². The summed E-state index contributed by atoms with van der Waals surface area (Å²) in [5, 5.41) is 19.0. The molecule has 2 N–H and O–H groups in total. The van der Waals surface area contributed by atoms with Crippen LogP contribution in [0.2, 0.25) is 0 Å². The number of Topliss-reactive ketones (excluding diaryl/α,β-unsaturated/α-hetero) is 1. The number of fused-ring (bicyclic) bond motifs is 3. The average Bonchev–Trinajstić information content (AvgIpc) is 3.42. The molecule has 7 nitrogen and oxygen atoms in total. The largest absolute Gasteiger partial charge is 0.481 e. The van der Waals surface area contributed by atoms with Crippen molar-refractivity contribution in [1.82, 2.24) is 0 Å². The average molecular weight is 475 g/mol. The number of epoxide rings is 1. The van der Waals surface area contributed by atoms with Crippen LogP contribution in [0.3, 0.4) is 0 Å². The van der Waals surface area contributed by atoms with Crippen molar-refractivity contribution in [2.24, 2.45) is 34.0 Å². The van der Waals surface area contributed by atoms with Gasteiger partial charge in [0.2, 0.25) is 0 Å². The van der Waals surface area contributed by atoms with Crippen molar-refractivity contribution < 1.29 is 38.5 Å². The van der Waals surface area contributed by atoms with E-state index < -0.39 is 40.0 Å². The monoisotopic (exact) mass is 474 g/mol. The summed E-state index contributed by atoms with van der Waals surface area (Å²) >= 11 is 0. The molecule has 4 aliphatic carbocycles. The molecule has 3 saturated carbocycles. The van der Waals surface area contributed by atoms with Gasteiger partial charge in [0, 0.05) is 17.3 Å². The maximum Gasteiger partial charge on any atom is 0.304 e. The van der Waals surface area contributed by atoms with Gasteiger partial charge in [0.15, 0.2) is 5.78 Å². The number of ketones is 2. The Morgan fingerprint density at radius 3 is 2.47 bits per heavy atom. The number of hydrogen-bond acceptors (Lipinski definition) is 5. The Morgan fingerprint density at radius 1 is 1.12 bits per heavy atom. The third kappa shape index (κ3) is 2.66. The Bertz CT molecular complexity index is 1060. The van der Waals surface area contributed by atoms with Crippen LogP contribution >= 0.6 is 0 Å². The summed E-state index contributed by atoms with van der Waals surface area (Å²) in [6.45, 7) is 5.74. The van der Waals surface area contributed by atoms with Gasteiger partial charge >= 0.3 is 11.9 Å². The normalized spacial score (nSPS) is 48.2. The lowest BCUT2D eigenvalue weighted by atomic mass is 9.44. The zero-order valence-corrected chi connectivity index (χ0v) is 19.7. The summed E-state index contributed by atoms with van der Waals surface area (Å²) in [7, 11) is 0. The summed E-state index contributed by atoms with van der Waals surface area (Å²) in [4.78, 5) is 48.9. The number of hydrogen-bond donors (Lipinski definition) is 2. The number of aliphatic carboxylic acids is 2. The predicted molar refractivity (Wildman–Crippen MR) is 118 cm³/mol. The summed E-state index contributed by atoms with van der Waals surface area (Å²) < 4.78 is 22.0. The van der Waals surface area contributed by atoms with Gasteiger partial charge in [0.05, 0.1) is 18.9 Å². The first-order valence-electron chi connectivity index (χ1n) is 12.1. The van der Waals surface area contributed by atoms with E-state index in [0.717, 1.165) is 0 Å². The van der Waals surface area contributed by atoms with E-state index in [1.54, 1.807) is 6.08 Å². The number of rotatable bonds is 6. The number of halogens is 1. The van der Waals surface area contributed by atoms with Gasteiger partial charge < -0.3 is 14.9 Å². The molecule has 0 aromatic carbocycles. The molecule has 34 heavy (non-hydrogen) atoms. The fraction of sp³-hybridized carbons (Fsp3) is 0.692. The fourth-order valence-corrected chi connectivity index (χ4v) is 8.83. The van der Waals surface area contributed by atoms with Gasteiger partial charge in [-0.2, -0.15) is 0 Å². The zero-order valence-electron chi connectivity index (χ0n) is 19.7. The zero-order chi connectivity index (χ0) is 24.8. The Labute approximate surface area is 197 Å². The predicted octanol–water partition coefficient (Wildman–Crippen LogP) is 3.51. The third-order valence-electron chi connectivity index (χ3n) is 10.3. The second-order valence-corrected chi connectivity index (χ2v) is 11.5. The van der Waals surface area contributed by atoms with Crippen LogP contribution in [0.4, 0.5) is 4.39 Å². The fourth-order valence-electron chi connectivity index (χ4n) is 8.83. The van der Waals surface area contributed by atoms with Gasteiger partial charge in [0.1, 0.15) is 17.6 Å². The van der Waals surface area contributed by atoms with Crippen molar-refractivity contribution in [1.29, 1.82) is 0 Å². The number of ether oxygens (including phenoxy) is 1. The SMILES string of the molecule is C[C@H]1C[C@H]2[C@@H]3C[C@H](F)C4=CC(=O)C=C[C@]4(C)[C@@]34O[C@H]4C[C@]2(C)[C@@]1(CC(=O)O)C(=O)CCC(=O)O. The van der Waals surface area contributed by atoms with Crippen LogP contribution in [0.25, 0.3) is 0 Å². The standard InChI is InChI=1S/C26H31FO7/c1-13-8-15-16-10-18(27)17-9-14(28)6-7-23(17,2)26(16)20(34-26)11-24(15,3)25(13,12-22(32)33)19(29)4-5-21(30)31/h6-7,9,13,15-16,18,20H,4-5,8,10-12H2,1-3H3,(H,30,31)(H,32,33)/t13-,15-,16-,18-,20-,23-,24-,25+,26+/m0/s1. The van der Waals surface area contributed by atoms with Crippen molar-refractivity contribution in [2.75, 3.05) is 0 Å². The highest BCUT2D eigenvalue weighted by molar-refractivity contribution is 6.01. The van der Waals surface area contributed by atoms with Gasteiger partial charge in [-0.05, 0) is 67.1 Å². The molecule has 9 atom stereocenters. The Hall–Kier alpha value is -2.35. The topological polar surface area (TPSA) is 121 Å². The van der Waals surface area contributed by atoms with E-state index in [0.29, 0.717) is 18.4 Å². The minimum atomic E-state index is -1.32. The molecule has 4 fully saturated rings. The molecule has 1 spiro atoms. The first-order valence-corrected chi connectivity index (χ1v) is 12.1. The second kappa shape index (κ2) is 7.09. The molecule has 184 valence electrons. The quantitative estimate of drug-likeness (QED) is 0.565. The molecule has 0 amide bonds. The van der Waals surface area contributed by atoms with Gasteiger partial charge in [-0.25, -0.2) is 4.39 Å². The summed E-state index contributed by atoms with van der Waals surface area (Å²) in [6.07, 6.45) is 3.24. The van der Waals surface area contributed by atoms with Crippen molar-refractivity contribution in [3.63, 3.8) is 0 Å². The van der Waals surface area contributed by atoms with Crippen molar-refractivity contribution in [3.8, 4) is 0 Å². The van der Waals surface area contributed by atoms with E-state index in [2.05, 4.69) is 0 Å². The second-order valence-electron chi connectivity index (χ2n) is 11.5. The molecule has 5 aliphatic rings. The Morgan fingerprint density at radius 2 is 1.82 bits per heavy atom. The maximum absolute atomic E-state index is 15.6. The smallest absolute Gasteiger partial charge is 0.304 e. The molecule has 1 heterocycles. The van der Waals surface area contributed by atoms with Crippen molar-refractivity contribution in [3.05, 3.63) is 23.8 Å². The maximum atomic E-state index is 15.6. The molecule has 1 aliphatic heterocycles. The molecular weight excluding hydrogens is 443 g/mol. The molecule has 8 heteroatoms. The highest BCUT2D eigenvalue weighted by atomic mass is 19.1. The van der Waals surface area contributed by atoms with Crippen LogP contribution < -0.4 is 0 Å². The minimum Gasteiger partial charge on any atom is -0.481 e. The van der Waals surface area contributed by atoms with Crippen molar-refractivity contribution in [2.45, 2.75) is 77.2 Å². The lowest BCUT2D eigenvalue weighted by Crippen LogP contribution is -2.61. The van der Waals surface area contributed by atoms with Gasteiger partial charge in [-0.3, -0.25) is 19.2 Å². The lowest BCUT2D eigenvalue weighted by Gasteiger charge is -2.57. The van der Waals surface area contributed by atoms with Gasteiger partial charge in [0.25, 0.3) is 0 Å². The van der Waals surface area contributed by atoms with Crippen molar-refractivity contribution >= 4 is 23.5 Å². The molecule has 0 radical (unpaired) electrons. The number of carboxylic acid groups (broad SMARTS) is 2. The highest BCUT2D eigenvalue weighted by Gasteiger charge is 2.82. The van der Waals surface area contributed by atoms with Crippen LogP contribution in [-0.4, -0.2) is 51.6 Å². The third-order valence-corrected chi connectivity index (χ3v) is 10.3. The number of alkyl halides is 1. The van der Waals surface area contributed by atoms with Gasteiger partial charge in [-0.15, -0.1) is 0 Å². The minimum absolute atomic E-state index is 0.156. The molecule has 5 rings (SSSR count). The summed E-state index contributed by atoms with van der Waals surface area (Å²) in [6, 6.07) is 0. The van der Waals surface area contributed by atoms with E-state index in [4.69, 9.17) is 9.84 Å². The Kier molecular flexibility index (Phi) is 4.88. The molecule has 1 saturated heterocycles. The van der Waals surface area contributed by atoms with Crippen LogP contribution in [-0.2, 0) is 23.9 Å². The first-order chi connectivity index (χ1) is 15.8. The molecule has 0 unspecified atom stereocenters. The molecular formula is C26H31FO7. The lowest BCUT2D eigenvalue weighted by molar-refractivity contribution is -0.157. The number of carboxylic acids is 2. The van der Waals surface area contributed by atoms with Crippen LogP contribution in [0.1, 0.15) is 59.3 Å². The van der Waals surface area contributed by atoms with Crippen LogP contribution in [0.15, 0.2) is 23.8 Å². The Balaban J connectivity index is 1.59. The molecule has 0 aromatic heterocycles. The highest BCUT2D eigenvalue weighted by Crippen LogP contribution is 2.78. The van der Waals surface area contributed by atoms with E-state index in [-0.39, 0.29) is 61.1 Å². The van der Waals surface area contributed by atoms with Crippen LogP contribution in [0, 0.1) is 34.0 Å². The van der Waals surface area contributed by atoms with Crippen LogP contribution in [0.5, 0.6) is 0 Å². The van der Waals surface area contributed by atoms with E-state index in [1.807, 2.05) is 20.8 Å². The first kappa shape index (κ1) is 23.4. The number of carbonyl (C=O) groups excluding carboxylic acids is 2. The number of carbonyl (C=O) groups is 4. The number of allylic oxidation sites excluding steroid dienone is 2. The molecule has 0 bridgehead atoms. The van der Waals surface area contributed by atoms with Gasteiger partial charge in [-0.1, -0.05) is 19.9 Å². The summed E-state index contributed by atoms with van der Waals surface area (Å²) in [5.41, 5.74) is -3.00. The van der Waals surface area contributed by atoms with E-state index >= 15 is 4.39 Å². The summed E-state index contributed by atoms with van der Waals surface area (Å²) in [5.74, 6) is -3.44. The molecule has 0 aromatic rings. The van der Waals surface area contributed by atoms with E-state index in [1.165, 1.54) is 12.2 Å².